The lowest BCUT2D eigenvalue weighted by atomic mass is 10.1. The molecule has 0 aliphatic carbocycles. The first-order valence-electron chi connectivity index (χ1n) is 6.74. The van der Waals surface area contributed by atoms with Gasteiger partial charge in [-0.15, -0.1) is 0 Å². The molecule has 0 fully saturated rings. The summed E-state index contributed by atoms with van der Waals surface area (Å²) in [5.41, 5.74) is 0.916. The fourth-order valence-corrected chi connectivity index (χ4v) is 1.96. The molecule has 0 saturated carbocycles. The van der Waals surface area contributed by atoms with Gasteiger partial charge in [0.15, 0.2) is 0 Å². The monoisotopic (exact) mass is 282 g/mol. The van der Waals surface area contributed by atoms with Gasteiger partial charge in [0.25, 0.3) is 0 Å². The number of benzene rings is 1. The van der Waals surface area contributed by atoms with Crippen LogP contribution in [0.2, 0.25) is 0 Å². The number of nitrogens with one attached hydrogen (secondary N) is 1. The van der Waals surface area contributed by atoms with Crippen molar-refractivity contribution >= 4 is 11.7 Å². The number of hydrogen-bond acceptors (Lipinski definition) is 4. The molecule has 112 valence electrons. The molecule has 5 heteroatoms. The van der Waals surface area contributed by atoms with Gasteiger partial charge in [-0.3, -0.25) is 4.79 Å². The molecular formula is C15H23FN2O2. The van der Waals surface area contributed by atoms with Crippen LogP contribution in [0, 0.1) is 5.82 Å². The van der Waals surface area contributed by atoms with Gasteiger partial charge in [-0.05, 0) is 30.7 Å². The topological polar surface area (TPSA) is 41.6 Å². The summed E-state index contributed by atoms with van der Waals surface area (Å²) >= 11 is 0. The van der Waals surface area contributed by atoms with E-state index in [-0.39, 0.29) is 23.9 Å². The highest BCUT2D eigenvalue weighted by Gasteiger charge is 2.20. The van der Waals surface area contributed by atoms with Crippen LogP contribution < -0.4 is 10.2 Å². The molecular weight excluding hydrogens is 259 g/mol. The van der Waals surface area contributed by atoms with Crippen LogP contribution >= 0.6 is 0 Å². The highest BCUT2D eigenvalue weighted by atomic mass is 19.1. The molecule has 0 saturated heterocycles. The van der Waals surface area contributed by atoms with Crippen LogP contribution in [0.15, 0.2) is 24.3 Å². The van der Waals surface area contributed by atoms with E-state index in [4.69, 9.17) is 4.74 Å². The van der Waals surface area contributed by atoms with Crippen molar-refractivity contribution in [2.75, 3.05) is 25.6 Å². The zero-order chi connectivity index (χ0) is 15.1. The Bertz CT molecular complexity index is 420. The minimum atomic E-state index is -0.331. The highest BCUT2D eigenvalue weighted by molar-refractivity contribution is 5.75. The summed E-state index contributed by atoms with van der Waals surface area (Å²) in [4.78, 5) is 13.7. The molecule has 1 aromatic carbocycles. The Labute approximate surface area is 119 Å². The summed E-state index contributed by atoms with van der Waals surface area (Å²) in [6.07, 6.45) is 0.624. The number of rotatable bonds is 7. The van der Waals surface area contributed by atoms with Crippen molar-refractivity contribution < 1.29 is 13.9 Å². The molecule has 1 aromatic rings. The number of halogens is 1. The second-order valence-electron chi connectivity index (χ2n) is 5.08. The summed E-state index contributed by atoms with van der Waals surface area (Å²) in [5, 5.41) is 3.19. The van der Waals surface area contributed by atoms with Crippen molar-refractivity contribution in [3.63, 3.8) is 0 Å². The van der Waals surface area contributed by atoms with E-state index < -0.39 is 0 Å². The van der Waals surface area contributed by atoms with Crippen LogP contribution in [-0.4, -0.2) is 38.8 Å². The van der Waals surface area contributed by atoms with E-state index in [1.54, 1.807) is 12.1 Å². The first-order chi connectivity index (χ1) is 9.43. The summed E-state index contributed by atoms with van der Waals surface area (Å²) in [6.45, 7) is 4.64. The van der Waals surface area contributed by atoms with Gasteiger partial charge < -0.3 is 15.0 Å². The number of esters is 1. The molecule has 0 spiro atoms. The first-order valence-corrected chi connectivity index (χ1v) is 6.74. The quantitative estimate of drug-likeness (QED) is 0.778. The van der Waals surface area contributed by atoms with E-state index in [1.165, 1.54) is 19.2 Å². The van der Waals surface area contributed by atoms with E-state index in [0.717, 1.165) is 5.69 Å². The molecule has 0 bridgehead atoms. The number of nitrogens with zero attached hydrogens (tertiary/aromatic N) is 1. The third kappa shape index (κ3) is 5.17. The number of hydrogen-bond donors (Lipinski definition) is 1. The fourth-order valence-electron chi connectivity index (χ4n) is 1.96. The lowest BCUT2D eigenvalue weighted by Gasteiger charge is -2.24. The van der Waals surface area contributed by atoms with E-state index in [1.807, 2.05) is 25.8 Å². The Kier molecular flexibility index (Phi) is 6.45. The molecule has 1 unspecified atom stereocenters. The van der Waals surface area contributed by atoms with Gasteiger partial charge in [0, 0.05) is 25.3 Å². The van der Waals surface area contributed by atoms with Crippen molar-refractivity contribution in [1.82, 2.24) is 5.32 Å². The number of carbonyl (C=O) groups excluding carboxylic acids is 1. The molecule has 0 heterocycles. The van der Waals surface area contributed by atoms with Gasteiger partial charge in [-0.1, -0.05) is 13.8 Å². The van der Waals surface area contributed by atoms with E-state index in [0.29, 0.717) is 13.0 Å². The van der Waals surface area contributed by atoms with Gasteiger partial charge >= 0.3 is 5.97 Å². The average molecular weight is 282 g/mol. The third-order valence-electron chi connectivity index (χ3n) is 3.04. The van der Waals surface area contributed by atoms with Gasteiger partial charge in [0.1, 0.15) is 11.9 Å². The van der Waals surface area contributed by atoms with Crippen LogP contribution in [0.5, 0.6) is 0 Å². The number of methoxy groups -OCH3 is 1. The normalized spacial score (nSPS) is 12.3. The van der Waals surface area contributed by atoms with Crippen molar-refractivity contribution in [3.8, 4) is 0 Å². The fraction of sp³-hybridized carbons (Fsp3) is 0.533. The van der Waals surface area contributed by atoms with Crippen LogP contribution in [0.3, 0.4) is 0 Å². The minimum Gasteiger partial charge on any atom is -0.468 e. The van der Waals surface area contributed by atoms with Crippen molar-refractivity contribution in [1.29, 1.82) is 0 Å². The smallest absolute Gasteiger partial charge is 0.322 e. The summed E-state index contributed by atoms with van der Waals surface area (Å²) in [7, 11) is 3.30. The second kappa shape index (κ2) is 7.85. The molecule has 1 atom stereocenters. The maximum Gasteiger partial charge on any atom is 0.322 e. The summed E-state index contributed by atoms with van der Waals surface area (Å²) in [6, 6.07) is 6.17. The van der Waals surface area contributed by atoms with Gasteiger partial charge in [-0.25, -0.2) is 4.39 Å². The molecule has 0 aliphatic rings. The molecule has 4 nitrogen and oxygen atoms in total. The van der Waals surface area contributed by atoms with Crippen LogP contribution in [0.4, 0.5) is 10.1 Å². The van der Waals surface area contributed by atoms with Crippen LogP contribution in [0.1, 0.15) is 20.3 Å². The Hall–Kier alpha value is -1.62. The maximum atomic E-state index is 12.9. The van der Waals surface area contributed by atoms with Crippen LogP contribution in [-0.2, 0) is 9.53 Å². The molecule has 20 heavy (non-hydrogen) atoms. The molecule has 0 aliphatic heterocycles. The Morgan fingerprint density at radius 2 is 1.95 bits per heavy atom. The predicted octanol–water partition coefficient (Wildman–Crippen LogP) is 2.19. The van der Waals surface area contributed by atoms with Gasteiger partial charge in [0.2, 0.25) is 0 Å². The van der Waals surface area contributed by atoms with Crippen molar-refractivity contribution in [2.45, 2.75) is 32.4 Å². The molecule has 0 aromatic heterocycles. The first kappa shape index (κ1) is 16.4. The largest absolute Gasteiger partial charge is 0.468 e. The van der Waals surface area contributed by atoms with Crippen molar-refractivity contribution in [2.24, 2.45) is 0 Å². The standard InChI is InChI=1S/C15H23FN2O2/c1-11(2)17-14(15(19)20-4)9-10-18(3)13-7-5-12(16)6-8-13/h5-8,11,14,17H,9-10H2,1-4H3. The van der Waals surface area contributed by atoms with Crippen molar-refractivity contribution in [3.05, 3.63) is 30.1 Å². The summed E-state index contributed by atoms with van der Waals surface area (Å²) in [5.74, 6) is -0.512. The number of anilines is 1. The molecule has 1 rings (SSSR count). The van der Waals surface area contributed by atoms with E-state index in [2.05, 4.69) is 5.32 Å². The lowest BCUT2D eigenvalue weighted by Crippen LogP contribution is -2.43. The molecule has 1 N–H and O–H groups in total. The van der Waals surface area contributed by atoms with Crippen LogP contribution in [0.25, 0.3) is 0 Å². The Balaban J connectivity index is 2.57. The zero-order valence-electron chi connectivity index (χ0n) is 12.5. The molecule has 0 radical (unpaired) electrons. The van der Waals surface area contributed by atoms with E-state index in [9.17, 15) is 9.18 Å². The van der Waals surface area contributed by atoms with Gasteiger partial charge in [-0.2, -0.15) is 0 Å². The minimum absolute atomic E-state index is 0.204. The molecule has 0 amide bonds. The Morgan fingerprint density at radius 3 is 2.45 bits per heavy atom. The zero-order valence-corrected chi connectivity index (χ0v) is 12.5. The highest BCUT2D eigenvalue weighted by Crippen LogP contribution is 2.14. The third-order valence-corrected chi connectivity index (χ3v) is 3.04. The van der Waals surface area contributed by atoms with E-state index >= 15 is 0 Å². The summed E-state index contributed by atoms with van der Waals surface area (Å²) < 4.78 is 17.7. The predicted molar refractivity (Wildman–Crippen MR) is 78.4 cm³/mol. The average Bonchev–Trinajstić information content (AvgIpc) is 2.42. The SMILES string of the molecule is COC(=O)C(CCN(C)c1ccc(F)cc1)NC(C)C. The number of ether oxygens (including phenoxy) is 1. The lowest BCUT2D eigenvalue weighted by molar-refractivity contribution is -0.143. The number of carbonyl (C=O) groups is 1. The maximum absolute atomic E-state index is 12.9. The Morgan fingerprint density at radius 1 is 1.35 bits per heavy atom. The second-order valence-corrected chi connectivity index (χ2v) is 5.08. The van der Waals surface area contributed by atoms with Gasteiger partial charge in [0.05, 0.1) is 7.11 Å².